The Kier molecular flexibility index (Phi) is 5.51. The van der Waals surface area contributed by atoms with Crippen molar-refractivity contribution in [2.45, 2.75) is 38.9 Å². The molecule has 1 amide bonds. The maximum Gasteiger partial charge on any atom is 0.254 e. The van der Waals surface area contributed by atoms with Gasteiger partial charge in [0, 0.05) is 49.6 Å². The first-order valence-electron chi connectivity index (χ1n) is 10.3. The van der Waals surface area contributed by atoms with Crippen LogP contribution in [0.25, 0.3) is 10.9 Å². The van der Waals surface area contributed by atoms with Crippen LogP contribution in [0.15, 0.2) is 42.7 Å². The minimum Gasteiger partial charge on any atom is -0.371 e. The number of alkyl halides is 1. The molecule has 0 bridgehead atoms. The molecule has 6 heteroatoms. The van der Waals surface area contributed by atoms with Gasteiger partial charge in [-0.1, -0.05) is 19.1 Å². The number of piperidine rings is 1. The van der Waals surface area contributed by atoms with Crippen molar-refractivity contribution in [1.29, 1.82) is 0 Å². The second-order valence-corrected chi connectivity index (χ2v) is 7.64. The molecule has 0 aliphatic carbocycles. The van der Waals surface area contributed by atoms with E-state index in [-0.39, 0.29) is 5.91 Å². The van der Waals surface area contributed by atoms with E-state index in [4.69, 9.17) is 0 Å². The molecule has 1 fully saturated rings. The summed E-state index contributed by atoms with van der Waals surface area (Å²) in [6.07, 6.45) is 4.83. The molecule has 4 rings (SSSR count). The number of amides is 1. The van der Waals surface area contributed by atoms with Crippen LogP contribution in [0.1, 0.15) is 41.4 Å². The van der Waals surface area contributed by atoms with E-state index in [1.54, 1.807) is 12.4 Å². The standard InChI is InChI=1S/C23H27FN4O/c1-3-20-22(19-8-11-25-15-21(19)27(20)2)23(29)26-14-16-4-6-18(7-5-16)28-12-9-17(24)10-13-28/h4-8,11,15,17H,3,9-10,12-14H2,1-2H3,(H,26,29). The Labute approximate surface area is 170 Å². The molecule has 5 nitrogen and oxygen atoms in total. The van der Waals surface area contributed by atoms with E-state index in [0.29, 0.717) is 19.4 Å². The van der Waals surface area contributed by atoms with Gasteiger partial charge in [-0.2, -0.15) is 0 Å². The first-order chi connectivity index (χ1) is 14.1. The van der Waals surface area contributed by atoms with Crippen LogP contribution in [0.4, 0.5) is 10.1 Å². The van der Waals surface area contributed by atoms with Crippen LogP contribution in [0.3, 0.4) is 0 Å². The molecule has 1 aliphatic rings. The first-order valence-corrected chi connectivity index (χ1v) is 10.3. The summed E-state index contributed by atoms with van der Waals surface area (Å²) < 4.78 is 15.4. The summed E-state index contributed by atoms with van der Waals surface area (Å²) in [6.45, 7) is 4.04. The normalized spacial score (nSPS) is 15.1. The van der Waals surface area contributed by atoms with E-state index in [9.17, 15) is 9.18 Å². The second-order valence-electron chi connectivity index (χ2n) is 7.64. The number of aryl methyl sites for hydroxylation is 1. The maximum absolute atomic E-state index is 13.3. The Morgan fingerprint density at radius 1 is 1.21 bits per heavy atom. The lowest BCUT2D eigenvalue weighted by Gasteiger charge is -2.30. The monoisotopic (exact) mass is 394 g/mol. The molecular weight excluding hydrogens is 367 g/mol. The van der Waals surface area contributed by atoms with Crippen molar-refractivity contribution >= 4 is 22.5 Å². The fraction of sp³-hybridized carbons (Fsp3) is 0.391. The number of nitrogens with zero attached hydrogens (tertiary/aromatic N) is 3. The summed E-state index contributed by atoms with van der Waals surface area (Å²) in [5, 5.41) is 4.00. The van der Waals surface area contributed by atoms with Crippen LogP contribution >= 0.6 is 0 Å². The van der Waals surface area contributed by atoms with Crippen molar-refractivity contribution in [3.8, 4) is 0 Å². The predicted molar refractivity (Wildman–Crippen MR) is 114 cm³/mol. The Balaban J connectivity index is 1.46. The third-order valence-electron chi connectivity index (χ3n) is 5.87. The highest BCUT2D eigenvalue weighted by Crippen LogP contribution is 2.25. The van der Waals surface area contributed by atoms with Crippen LogP contribution in [-0.2, 0) is 20.0 Å². The van der Waals surface area contributed by atoms with E-state index in [0.717, 1.165) is 52.9 Å². The molecule has 29 heavy (non-hydrogen) atoms. The summed E-state index contributed by atoms with van der Waals surface area (Å²) in [5.41, 5.74) is 4.87. The number of aromatic nitrogens is 2. The summed E-state index contributed by atoms with van der Waals surface area (Å²) in [7, 11) is 1.98. The molecule has 1 aliphatic heterocycles. The van der Waals surface area contributed by atoms with Gasteiger partial charge in [-0.25, -0.2) is 4.39 Å². The summed E-state index contributed by atoms with van der Waals surface area (Å²) in [5.74, 6) is -0.0623. The summed E-state index contributed by atoms with van der Waals surface area (Å²) in [4.78, 5) is 19.4. The van der Waals surface area contributed by atoms with E-state index in [1.807, 2.05) is 29.8 Å². The zero-order chi connectivity index (χ0) is 20.4. The van der Waals surface area contributed by atoms with Gasteiger partial charge in [-0.3, -0.25) is 9.78 Å². The number of anilines is 1. The van der Waals surface area contributed by atoms with E-state index < -0.39 is 6.17 Å². The number of fused-ring (bicyclic) bond motifs is 1. The number of hydrogen-bond donors (Lipinski definition) is 1. The van der Waals surface area contributed by atoms with Gasteiger partial charge in [0.2, 0.25) is 0 Å². The van der Waals surface area contributed by atoms with E-state index in [2.05, 4.69) is 34.3 Å². The van der Waals surface area contributed by atoms with Gasteiger partial charge >= 0.3 is 0 Å². The second kappa shape index (κ2) is 8.23. The SMILES string of the molecule is CCc1c(C(=O)NCc2ccc(N3CCC(F)CC3)cc2)c2ccncc2n1C. The number of hydrogen-bond acceptors (Lipinski definition) is 3. The molecule has 0 saturated carbocycles. The Bertz CT molecular complexity index is 1000. The van der Waals surface area contributed by atoms with Crippen molar-refractivity contribution in [2.24, 2.45) is 7.05 Å². The lowest BCUT2D eigenvalue weighted by molar-refractivity contribution is 0.0951. The van der Waals surface area contributed by atoms with Crippen LogP contribution in [0.5, 0.6) is 0 Å². The fourth-order valence-corrected chi connectivity index (χ4v) is 4.20. The molecule has 1 saturated heterocycles. The molecule has 0 radical (unpaired) electrons. The topological polar surface area (TPSA) is 50.2 Å². The van der Waals surface area contributed by atoms with Crippen LogP contribution in [0, 0.1) is 0 Å². The highest BCUT2D eigenvalue weighted by molar-refractivity contribution is 6.08. The third-order valence-corrected chi connectivity index (χ3v) is 5.87. The summed E-state index contributed by atoms with van der Waals surface area (Å²) >= 11 is 0. The molecule has 152 valence electrons. The van der Waals surface area contributed by atoms with Crippen LogP contribution < -0.4 is 10.2 Å². The molecule has 0 spiro atoms. The van der Waals surface area contributed by atoms with Gasteiger partial charge in [0.1, 0.15) is 6.17 Å². The quantitative estimate of drug-likeness (QED) is 0.712. The number of carbonyl (C=O) groups is 1. The fourth-order valence-electron chi connectivity index (χ4n) is 4.20. The Morgan fingerprint density at radius 3 is 2.62 bits per heavy atom. The van der Waals surface area contributed by atoms with Crippen LogP contribution in [0.2, 0.25) is 0 Å². The Hall–Kier alpha value is -2.89. The van der Waals surface area contributed by atoms with Crippen molar-refractivity contribution in [1.82, 2.24) is 14.9 Å². The van der Waals surface area contributed by atoms with Gasteiger partial charge in [0.15, 0.2) is 0 Å². The molecule has 2 aromatic heterocycles. The number of halogens is 1. The Morgan fingerprint density at radius 2 is 1.93 bits per heavy atom. The lowest BCUT2D eigenvalue weighted by Crippen LogP contribution is -2.34. The van der Waals surface area contributed by atoms with Gasteiger partial charge in [-0.05, 0) is 43.0 Å². The van der Waals surface area contributed by atoms with Gasteiger partial charge in [-0.15, -0.1) is 0 Å². The van der Waals surface area contributed by atoms with Crippen molar-refractivity contribution in [2.75, 3.05) is 18.0 Å². The predicted octanol–water partition coefficient (Wildman–Crippen LogP) is 4.00. The number of nitrogens with one attached hydrogen (secondary N) is 1. The van der Waals surface area contributed by atoms with Crippen molar-refractivity contribution in [3.63, 3.8) is 0 Å². The lowest BCUT2D eigenvalue weighted by atomic mass is 10.1. The van der Waals surface area contributed by atoms with Gasteiger partial charge in [0.05, 0.1) is 17.3 Å². The maximum atomic E-state index is 13.3. The number of benzene rings is 1. The number of rotatable bonds is 5. The molecule has 3 aromatic rings. The van der Waals surface area contributed by atoms with Crippen LogP contribution in [-0.4, -0.2) is 34.7 Å². The smallest absolute Gasteiger partial charge is 0.254 e. The molecule has 1 N–H and O–H groups in total. The van der Waals surface area contributed by atoms with Gasteiger partial charge < -0.3 is 14.8 Å². The van der Waals surface area contributed by atoms with E-state index >= 15 is 0 Å². The zero-order valence-electron chi connectivity index (χ0n) is 17.0. The highest BCUT2D eigenvalue weighted by Gasteiger charge is 2.20. The average Bonchev–Trinajstić information content (AvgIpc) is 3.05. The molecular formula is C23H27FN4O. The molecule has 3 heterocycles. The number of carbonyl (C=O) groups excluding carboxylic acids is 1. The summed E-state index contributed by atoms with van der Waals surface area (Å²) in [6, 6.07) is 10.1. The molecule has 1 aromatic carbocycles. The first kappa shape index (κ1) is 19.4. The zero-order valence-corrected chi connectivity index (χ0v) is 17.0. The average molecular weight is 394 g/mol. The van der Waals surface area contributed by atoms with Gasteiger partial charge in [0.25, 0.3) is 5.91 Å². The minimum atomic E-state index is -0.668. The minimum absolute atomic E-state index is 0.0623. The van der Waals surface area contributed by atoms with Crippen molar-refractivity contribution in [3.05, 3.63) is 59.5 Å². The molecule has 0 unspecified atom stereocenters. The highest BCUT2D eigenvalue weighted by atomic mass is 19.1. The molecule has 0 atom stereocenters. The largest absolute Gasteiger partial charge is 0.371 e. The van der Waals surface area contributed by atoms with E-state index in [1.165, 1.54) is 0 Å². The number of pyridine rings is 1. The van der Waals surface area contributed by atoms with Crippen molar-refractivity contribution < 1.29 is 9.18 Å². The third kappa shape index (κ3) is 3.84.